The number of carboxylic acid groups (broad SMARTS) is 2. The van der Waals surface area contributed by atoms with E-state index in [1.807, 2.05) is 0 Å². The molecule has 6 amide bonds. The number of amides is 6. The molecule has 2 rings (SSSR count). The summed E-state index contributed by atoms with van der Waals surface area (Å²) in [5.74, 6) is -11.2. The van der Waals surface area contributed by atoms with Crippen LogP contribution in [0.15, 0.2) is 41.4 Å². The van der Waals surface area contributed by atoms with Crippen LogP contribution >= 0.6 is 0 Å². The molecule has 0 unspecified atom stereocenters. The monoisotopic (exact) mass is 1020 g/mol. The molecule has 2 aromatic rings. The summed E-state index contributed by atoms with van der Waals surface area (Å²) in [6.07, 6.45) is -1.82. The first-order valence-electron chi connectivity index (χ1n) is 22.7. The minimum absolute atomic E-state index is 0.00762. The van der Waals surface area contributed by atoms with Crippen molar-refractivity contribution in [2.45, 2.75) is 128 Å². The number of nitro groups is 2. The maximum atomic E-state index is 14.3. The number of aliphatic carboxylic acids is 2. The summed E-state index contributed by atoms with van der Waals surface area (Å²) in [7, 11) is 0. The standard InChI is InChI=1S/C44H64N12O16/c1-6-22(4)36(42(66)49-23(5)37(61)51-28(43(67)68)8-7-15-48-44(46)47)54-39(63)27(11-14-35(59)60)50-41(65)30(18-25-10-13-34(58)32(20-25)56(71)72)53-40(64)29(16-21(2)3)52-38(62)26(45)17-24-9-12-33(57)31(19-24)55(69)70/h9-10,12-13,19-23,26-30,36,57-58H,6-8,11,14-18,45H2,1-5H3,(H,49,66)(H,50,65)(H,51,61)(H,52,62)(H,53,64)(H,54,63)(H,59,60)(H,67,68)(H4,46,47,48)/t22-,23-,26-,27-,28-,29-,30-,36-/m0/s1. The van der Waals surface area contributed by atoms with Crippen LogP contribution in [-0.4, -0.2) is 132 Å². The average Bonchev–Trinajstić information content (AvgIpc) is 3.29. The van der Waals surface area contributed by atoms with E-state index in [1.54, 1.807) is 27.7 Å². The third-order valence-corrected chi connectivity index (χ3v) is 11.1. The number of nitrogens with two attached hydrogens (primary N) is 3. The summed E-state index contributed by atoms with van der Waals surface area (Å²) in [5, 5.41) is 76.8. The molecule has 28 nitrogen and oxygen atoms in total. The number of phenols is 2. The van der Waals surface area contributed by atoms with Crippen LogP contribution in [-0.2, 0) is 51.2 Å². The van der Waals surface area contributed by atoms with Gasteiger partial charge < -0.3 is 69.5 Å². The lowest BCUT2D eigenvalue weighted by atomic mass is 9.97. The van der Waals surface area contributed by atoms with Gasteiger partial charge in [-0.25, -0.2) is 4.79 Å². The van der Waals surface area contributed by atoms with E-state index in [1.165, 1.54) is 19.1 Å². The van der Waals surface area contributed by atoms with Crippen LogP contribution in [0.5, 0.6) is 11.5 Å². The number of aromatic hydroxyl groups is 2. The Morgan fingerprint density at radius 3 is 1.65 bits per heavy atom. The topological polar surface area (TPSA) is 466 Å². The van der Waals surface area contributed by atoms with Gasteiger partial charge in [-0.1, -0.05) is 46.2 Å². The number of rotatable bonds is 30. The molecule has 28 heteroatoms. The van der Waals surface area contributed by atoms with Gasteiger partial charge in [0, 0.05) is 31.5 Å². The number of carbonyl (C=O) groups is 8. The fraction of sp³-hybridized carbons (Fsp3) is 0.523. The van der Waals surface area contributed by atoms with Crippen molar-refractivity contribution < 1.29 is 68.6 Å². The Hall–Kier alpha value is -8.17. The van der Waals surface area contributed by atoms with Gasteiger partial charge >= 0.3 is 23.3 Å². The van der Waals surface area contributed by atoms with E-state index < -0.39 is 148 Å². The number of nitro benzene ring substituents is 2. The molecule has 0 fully saturated rings. The van der Waals surface area contributed by atoms with E-state index in [9.17, 15) is 79.0 Å². The second-order valence-corrected chi connectivity index (χ2v) is 17.4. The van der Waals surface area contributed by atoms with Crippen molar-refractivity contribution in [2.75, 3.05) is 6.54 Å². The summed E-state index contributed by atoms with van der Waals surface area (Å²) in [5.41, 5.74) is 15.5. The number of aliphatic imine (C=N–C) groups is 1. The zero-order valence-electron chi connectivity index (χ0n) is 40.3. The molecule has 72 heavy (non-hydrogen) atoms. The van der Waals surface area contributed by atoms with Crippen LogP contribution in [0.2, 0.25) is 0 Å². The van der Waals surface area contributed by atoms with Gasteiger partial charge in [0.25, 0.3) is 0 Å². The van der Waals surface area contributed by atoms with E-state index in [0.29, 0.717) is 0 Å². The number of benzene rings is 2. The highest BCUT2D eigenvalue weighted by Crippen LogP contribution is 2.28. The Morgan fingerprint density at radius 2 is 1.15 bits per heavy atom. The summed E-state index contributed by atoms with van der Waals surface area (Å²) in [6.45, 7) is 7.97. The summed E-state index contributed by atoms with van der Waals surface area (Å²) in [6, 6.07) is -4.01. The van der Waals surface area contributed by atoms with Crippen molar-refractivity contribution in [3.05, 3.63) is 67.8 Å². The highest BCUT2D eigenvalue weighted by Gasteiger charge is 2.35. The number of carboxylic acids is 2. The number of hydrogen-bond donors (Lipinski definition) is 13. The van der Waals surface area contributed by atoms with Crippen molar-refractivity contribution in [3.8, 4) is 11.5 Å². The number of nitrogens with zero attached hydrogens (tertiary/aromatic N) is 3. The average molecular weight is 1020 g/mol. The van der Waals surface area contributed by atoms with E-state index in [4.69, 9.17) is 17.2 Å². The molecular weight excluding hydrogens is 953 g/mol. The van der Waals surface area contributed by atoms with Gasteiger partial charge in [-0.05, 0) is 74.1 Å². The molecule has 16 N–H and O–H groups in total. The van der Waals surface area contributed by atoms with Crippen LogP contribution in [0.4, 0.5) is 11.4 Å². The van der Waals surface area contributed by atoms with Crippen LogP contribution in [0.25, 0.3) is 0 Å². The van der Waals surface area contributed by atoms with Crippen LogP contribution < -0.4 is 49.1 Å². The van der Waals surface area contributed by atoms with Crippen LogP contribution in [0.1, 0.15) is 84.3 Å². The van der Waals surface area contributed by atoms with Gasteiger partial charge in [-0.2, -0.15) is 0 Å². The van der Waals surface area contributed by atoms with Crippen LogP contribution in [0, 0.1) is 32.1 Å². The van der Waals surface area contributed by atoms with E-state index >= 15 is 0 Å². The van der Waals surface area contributed by atoms with Gasteiger partial charge in [0.15, 0.2) is 17.5 Å². The minimum atomic E-state index is -1.74. The fourth-order valence-electron chi connectivity index (χ4n) is 6.92. The number of carbonyl (C=O) groups excluding carboxylic acids is 6. The second-order valence-electron chi connectivity index (χ2n) is 17.4. The first-order chi connectivity index (χ1) is 33.6. The molecule has 8 atom stereocenters. The Balaban J connectivity index is 2.47. The third-order valence-electron chi connectivity index (χ3n) is 11.1. The smallest absolute Gasteiger partial charge is 0.326 e. The zero-order chi connectivity index (χ0) is 54.6. The van der Waals surface area contributed by atoms with Gasteiger partial charge in [0.2, 0.25) is 35.4 Å². The molecule has 396 valence electrons. The second kappa shape index (κ2) is 28.5. The van der Waals surface area contributed by atoms with Crippen molar-refractivity contribution >= 4 is 64.7 Å². The summed E-state index contributed by atoms with van der Waals surface area (Å²) >= 11 is 0. The summed E-state index contributed by atoms with van der Waals surface area (Å²) in [4.78, 5) is 131. The van der Waals surface area contributed by atoms with Gasteiger partial charge in [0.1, 0.15) is 36.3 Å². The number of guanidine groups is 1. The maximum absolute atomic E-state index is 14.3. The van der Waals surface area contributed by atoms with Crippen molar-refractivity contribution in [1.29, 1.82) is 0 Å². The van der Waals surface area contributed by atoms with Crippen molar-refractivity contribution in [2.24, 2.45) is 34.0 Å². The summed E-state index contributed by atoms with van der Waals surface area (Å²) < 4.78 is 0. The molecule has 0 spiro atoms. The Bertz CT molecular complexity index is 2340. The van der Waals surface area contributed by atoms with E-state index in [0.717, 1.165) is 24.3 Å². The molecule has 0 aliphatic carbocycles. The SMILES string of the molecule is CC[C@H](C)[C@H](NC(=O)[C@H](CCC(=O)O)NC(=O)[C@H](Cc1ccc(O)c([N+](=O)[O-])c1)NC(=O)[C@H](CC(C)C)NC(=O)[C@@H](N)Cc1ccc(O)c([N+](=O)[O-])c1)C(=O)N[C@@H](C)C(=O)N[C@@H](CCCN=C(N)N)C(=O)O. The Morgan fingerprint density at radius 1 is 0.653 bits per heavy atom. The molecule has 0 aliphatic heterocycles. The predicted molar refractivity (Wildman–Crippen MR) is 255 cm³/mol. The largest absolute Gasteiger partial charge is 0.502 e. The quantitative estimate of drug-likeness (QED) is 0.0147. The molecule has 0 saturated heterocycles. The van der Waals surface area contributed by atoms with Gasteiger partial charge in [0.05, 0.1) is 15.9 Å². The molecule has 2 aromatic carbocycles. The van der Waals surface area contributed by atoms with Gasteiger partial charge in [-0.15, -0.1) is 0 Å². The lowest BCUT2D eigenvalue weighted by Gasteiger charge is -2.29. The Labute approximate surface area is 412 Å². The lowest BCUT2D eigenvalue weighted by Crippen LogP contribution is -2.60. The molecule has 0 radical (unpaired) electrons. The van der Waals surface area contributed by atoms with Crippen molar-refractivity contribution in [3.63, 3.8) is 0 Å². The number of phenolic OH excluding ortho intramolecular Hbond substituents is 2. The highest BCUT2D eigenvalue weighted by molar-refractivity contribution is 5.97. The normalized spacial score (nSPS) is 14.3. The minimum Gasteiger partial charge on any atom is -0.502 e. The lowest BCUT2D eigenvalue weighted by molar-refractivity contribution is -0.386. The highest BCUT2D eigenvalue weighted by atomic mass is 16.6. The van der Waals surface area contributed by atoms with E-state index in [2.05, 4.69) is 36.9 Å². The van der Waals surface area contributed by atoms with Crippen molar-refractivity contribution in [1.82, 2.24) is 31.9 Å². The van der Waals surface area contributed by atoms with Crippen LogP contribution in [0.3, 0.4) is 0 Å². The Kier molecular flexibility index (Phi) is 23.7. The van der Waals surface area contributed by atoms with E-state index in [-0.39, 0.29) is 61.7 Å². The molecule has 0 aromatic heterocycles. The zero-order valence-corrected chi connectivity index (χ0v) is 40.3. The number of nitrogens with one attached hydrogen (secondary N) is 6. The molecule has 0 saturated carbocycles. The molecule has 0 bridgehead atoms. The number of hydrogen-bond acceptors (Lipinski definition) is 16. The molecule has 0 aliphatic rings. The van der Waals surface area contributed by atoms with Gasteiger partial charge in [-0.3, -0.25) is 58.8 Å². The first-order valence-corrected chi connectivity index (χ1v) is 22.7. The first kappa shape index (κ1) is 60.0. The fourth-order valence-corrected chi connectivity index (χ4v) is 6.92. The third kappa shape index (κ3) is 19.7. The maximum Gasteiger partial charge on any atom is 0.326 e. The molecular formula is C44H64N12O16. The molecule has 0 heterocycles. The predicted octanol–water partition coefficient (Wildman–Crippen LogP) is -0.949.